The molecule has 0 N–H and O–H groups in total. The fraction of sp³-hybridized carbons (Fsp3) is 0.200. The zero-order chi connectivity index (χ0) is 23.3. The molecule has 0 bridgehead atoms. The Morgan fingerprint density at radius 1 is 0.970 bits per heavy atom. The second-order valence-electron chi connectivity index (χ2n) is 8.15. The monoisotopic (exact) mass is 462 g/mol. The van der Waals surface area contributed by atoms with E-state index in [0.717, 1.165) is 46.5 Å². The van der Waals surface area contributed by atoms with Gasteiger partial charge in [0.25, 0.3) is 10.0 Å². The topological polar surface area (TPSA) is 69.8 Å². The van der Waals surface area contributed by atoms with E-state index in [1.54, 1.807) is 0 Å². The molecule has 0 unspecified atom stereocenters. The SMILES string of the molecule is CCCc1nc2c(C)cc(-c3nc4ccccc4n3C)cc2n1S(=O)(=O)c1ccc(F)cc1. The first-order valence-electron chi connectivity index (χ1n) is 10.8. The molecule has 0 amide bonds. The van der Waals surface area contributed by atoms with Gasteiger partial charge in [-0.05, 0) is 67.4 Å². The average Bonchev–Trinajstić information content (AvgIpc) is 3.33. The summed E-state index contributed by atoms with van der Waals surface area (Å²) in [5.74, 6) is 0.713. The summed E-state index contributed by atoms with van der Waals surface area (Å²) in [6, 6.07) is 16.6. The molecule has 5 aromatic rings. The van der Waals surface area contributed by atoms with Crippen LogP contribution in [-0.4, -0.2) is 26.9 Å². The van der Waals surface area contributed by atoms with Crippen LogP contribution in [0.3, 0.4) is 0 Å². The molecule has 2 aromatic heterocycles. The predicted molar refractivity (Wildman–Crippen MR) is 127 cm³/mol. The number of aryl methyl sites for hydroxylation is 3. The van der Waals surface area contributed by atoms with Crippen LogP contribution in [0.4, 0.5) is 4.39 Å². The van der Waals surface area contributed by atoms with Gasteiger partial charge in [-0.2, -0.15) is 0 Å². The smallest absolute Gasteiger partial charge is 0.269 e. The number of para-hydroxylation sites is 2. The minimum Gasteiger partial charge on any atom is -0.327 e. The van der Waals surface area contributed by atoms with Crippen LogP contribution >= 0.6 is 0 Å². The maximum Gasteiger partial charge on any atom is 0.269 e. The van der Waals surface area contributed by atoms with Crippen LogP contribution in [0.1, 0.15) is 24.7 Å². The largest absolute Gasteiger partial charge is 0.327 e. The fourth-order valence-corrected chi connectivity index (χ4v) is 5.77. The summed E-state index contributed by atoms with van der Waals surface area (Å²) in [6.07, 6.45) is 1.23. The highest BCUT2D eigenvalue weighted by molar-refractivity contribution is 7.90. The fourth-order valence-electron chi connectivity index (χ4n) is 4.27. The van der Waals surface area contributed by atoms with E-state index in [-0.39, 0.29) is 4.90 Å². The van der Waals surface area contributed by atoms with Gasteiger partial charge < -0.3 is 4.57 Å². The van der Waals surface area contributed by atoms with Gasteiger partial charge in [0.1, 0.15) is 17.5 Å². The van der Waals surface area contributed by atoms with Crippen LogP contribution in [0.2, 0.25) is 0 Å². The second-order valence-corrected chi connectivity index (χ2v) is 9.93. The van der Waals surface area contributed by atoms with E-state index >= 15 is 0 Å². The molecular formula is C25H23FN4O2S. The van der Waals surface area contributed by atoms with Crippen LogP contribution in [0.15, 0.2) is 65.6 Å². The van der Waals surface area contributed by atoms with E-state index in [1.807, 2.05) is 61.9 Å². The van der Waals surface area contributed by atoms with Crippen LogP contribution in [0, 0.1) is 12.7 Å². The van der Waals surface area contributed by atoms with Crippen LogP contribution in [-0.2, 0) is 23.5 Å². The molecule has 2 heterocycles. The summed E-state index contributed by atoms with van der Waals surface area (Å²) >= 11 is 0. The van der Waals surface area contributed by atoms with E-state index in [4.69, 9.17) is 9.97 Å². The predicted octanol–water partition coefficient (Wildman–Crippen LogP) is 5.23. The highest BCUT2D eigenvalue weighted by atomic mass is 32.2. The van der Waals surface area contributed by atoms with Crippen molar-refractivity contribution < 1.29 is 12.8 Å². The van der Waals surface area contributed by atoms with Crippen LogP contribution in [0.5, 0.6) is 0 Å². The minimum atomic E-state index is -3.98. The number of rotatable bonds is 5. The molecule has 0 aliphatic carbocycles. The lowest BCUT2D eigenvalue weighted by Crippen LogP contribution is -2.16. The molecule has 0 aliphatic rings. The molecule has 5 rings (SSSR count). The number of nitrogens with zero attached hydrogens (tertiary/aromatic N) is 4. The van der Waals surface area contributed by atoms with E-state index in [2.05, 4.69) is 0 Å². The third-order valence-electron chi connectivity index (χ3n) is 5.85. The Kier molecular flexibility index (Phi) is 5.05. The van der Waals surface area contributed by atoms with E-state index in [1.165, 1.54) is 16.1 Å². The molecule has 6 nitrogen and oxygen atoms in total. The molecule has 0 radical (unpaired) electrons. The second kappa shape index (κ2) is 7.81. The molecular weight excluding hydrogens is 439 g/mol. The van der Waals surface area contributed by atoms with Gasteiger partial charge in [0.2, 0.25) is 0 Å². The Morgan fingerprint density at radius 3 is 2.39 bits per heavy atom. The van der Waals surface area contributed by atoms with Crippen molar-refractivity contribution >= 4 is 32.1 Å². The molecule has 0 fully saturated rings. The number of aromatic nitrogens is 4. The van der Waals surface area contributed by atoms with Crippen molar-refractivity contribution in [2.24, 2.45) is 7.05 Å². The van der Waals surface area contributed by atoms with Crippen molar-refractivity contribution in [1.82, 2.24) is 18.5 Å². The lowest BCUT2D eigenvalue weighted by Gasteiger charge is -2.11. The molecule has 168 valence electrons. The lowest BCUT2D eigenvalue weighted by molar-refractivity contribution is 0.584. The first-order chi connectivity index (χ1) is 15.8. The first-order valence-corrected chi connectivity index (χ1v) is 12.2. The molecule has 0 spiro atoms. The molecule has 0 aliphatic heterocycles. The van der Waals surface area contributed by atoms with Crippen molar-refractivity contribution in [3.05, 3.63) is 77.9 Å². The van der Waals surface area contributed by atoms with Gasteiger partial charge in [0.15, 0.2) is 0 Å². The standard InChI is InChI=1S/C25H23FN4O2S/c1-4-7-23-28-24-16(2)14-17(25-27-20-8-5-6-9-21(20)29(25)3)15-22(24)30(23)33(31,32)19-12-10-18(26)11-13-19/h5-6,8-15H,4,7H2,1-3H3. The number of imidazole rings is 2. The van der Waals surface area contributed by atoms with Crippen molar-refractivity contribution in [2.75, 3.05) is 0 Å². The molecule has 0 atom stereocenters. The Labute approximate surface area is 191 Å². The van der Waals surface area contributed by atoms with Crippen molar-refractivity contribution in [1.29, 1.82) is 0 Å². The summed E-state index contributed by atoms with van der Waals surface area (Å²) in [5, 5.41) is 0. The zero-order valence-corrected chi connectivity index (χ0v) is 19.4. The maximum absolute atomic E-state index is 13.7. The van der Waals surface area contributed by atoms with Crippen LogP contribution in [0.25, 0.3) is 33.5 Å². The maximum atomic E-state index is 13.7. The van der Waals surface area contributed by atoms with Crippen molar-refractivity contribution in [2.45, 2.75) is 31.6 Å². The summed E-state index contributed by atoms with van der Waals surface area (Å²) in [7, 11) is -2.04. The normalized spacial score (nSPS) is 12.1. The van der Waals surface area contributed by atoms with E-state index in [0.29, 0.717) is 23.3 Å². The Morgan fingerprint density at radius 2 is 1.70 bits per heavy atom. The number of fused-ring (bicyclic) bond motifs is 2. The Bertz CT molecular complexity index is 1620. The van der Waals surface area contributed by atoms with Gasteiger partial charge in [-0.15, -0.1) is 0 Å². The van der Waals surface area contributed by atoms with E-state index < -0.39 is 15.8 Å². The number of hydrogen-bond donors (Lipinski definition) is 0. The summed E-state index contributed by atoms with van der Waals surface area (Å²) < 4.78 is 44.1. The summed E-state index contributed by atoms with van der Waals surface area (Å²) in [5.41, 5.74) is 4.64. The van der Waals surface area contributed by atoms with Crippen LogP contribution < -0.4 is 0 Å². The highest BCUT2D eigenvalue weighted by Crippen LogP contribution is 2.32. The quantitative estimate of drug-likeness (QED) is 0.359. The molecule has 8 heteroatoms. The average molecular weight is 463 g/mol. The van der Waals surface area contributed by atoms with Gasteiger partial charge in [0, 0.05) is 19.0 Å². The zero-order valence-electron chi connectivity index (χ0n) is 18.6. The summed E-state index contributed by atoms with van der Waals surface area (Å²) in [4.78, 5) is 9.49. The molecule has 33 heavy (non-hydrogen) atoms. The number of hydrogen-bond acceptors (Lipinski definition) is 4. The molecule has 0 saturated heterocycles. The molecule has 3 aromatic carbocycles. The third kappa shape index (κ3) is 3.41. The Balaban J connectivity index is 1.80. The number of halogens is 1. The number of benzene rings is 3. The van der Waals surface area contributed by atoms with Gasteiger partial charge in [-0.1, -0.05) is 19.1 Å². The van der Waals surface area contributed by atoms with Gasteiger partial charge in [-0.25, -0.2) is 26.7 Å². The van der Waals surface area contributed by atoms with Gasteiger partial charge in [0.05, 0.1) is 27.0 Å². The third-order valence-corrected chi connectivity index (χ3v) is 7.60. The van der Waals surface area contributed by atoms with Gasteiger partial charge >= 0.3 is 0 Å². The summed E-state index contributed by atoms with van der Waals surface area (Å²) in [6.45, 7) is 3.90. The van der Waals surface area contributed by atoms with Crippen molar-refractivity contribution in [3.8, 4) is 11.4 Å². The lowest BCUT2D eigenvalue weighted by atomic mass is 10.1. The van der Waals surface area contributed by atoms with E-state index in [9.17, 15) is 12.8 Å². The minimum absolute atomic E-state index is 0.0198. The highest BCUT2D eigenvalue weighted by Gasteiger charge is 2.26. The van der Waals surface area contributed by atoms with Crippen molar-refractivity contribution in [3.63, 3.8) is 0 Å². The van der Waals surface area contributed by atoms with Gasteiger partial charge in [-0.3, -0.25) is 0 Å². The Hall–Kier alpha value is -3.52. The molecule has 0 saturated carbocycles. The first kappa shape index (κ1) is 21.3.